The summed E-state index contributed by atoms with van der Waals surface area (Å²) in [7, 11) is 0. The summed E-state index contributed by atoms with van der Waals surface area (Å²) in [6.45, 7) is 4.50. The van der Waals surface area contributed by atoms with Crippen LogP contribution in [-0.4, -0.2) is 21.9 Å². The molecule has 0 saturated heterocycles. The molecule has 0 saturated carbocycles. The number of benzene rings is 3. The van der Waals surface area contributed by atoms with E-state index in [1.807, 2.05) is 36.8 Å². The number of nitrogens with zero attached hydrogens (tertiary/aromatic N) is 4. The van der Waals surface area contributed by atoms with Gasteiger partial charge in [0.25, 0.3) is 0 Å². The molecule has 1 aliphatic heterocycles. The van der Waals surface area contributed by atoms with Crippen LogP contribution in [0.3, 0.4) is 0 Å². The Bertz CT molecular complexity index is 1670. The van der Waals surface area contributed by atoms with E-state index in [0.29, 0.717) is 12.2 Å². The molecule has 5 rings (SSSR count). The molecule has 7 heteroatoms. The zero-order valence-corrected chi connectivity index (χ0v) is 19.7. The molecule has 0 amide bonds. The molecule has 6 nitrogen and oxygen atoms in total. The van der Waals surface area contributed by atoms with Gasteiger partial charge in [0.1, 0.15) is 11.9 Å². The number of aromatic nitrogens is 1. The van der Waals surface area contributed by atoms with Gasteiger partial charge in [0.15, 0.2) is 0 Å². The zero-order chi connectivity index (χ0) is 25.6. The lowest BCUT2D eigenvalue weighted by atomic mass is 9.81. The molecule has 0 spiro atoms. The Morgan fingerprint density at radius 2 is 1.89 bits per heavy atom. The minimum Gasteiger partial charge on any atom is -0.478 e. The minimum atomic E-state index is -1.01. The van der Waals surface area contributed by atoms with E-state index in [4.69, 9.17) is 0 Å². The van der Waals surface area contributed by atoms with Gasteiger partial charge in [-0.15, -0.1) is 0 Å². The number of aromatic carboxylic acids is 1. The Morgan fingerprint density at radius 1 is 1.14 bits per heavy atom. The van der Waals surface area contributed by atoms with Crippen LogP contribution in [0.4, 0.5) is 4.39 Å². The summed E-state index contributed by atoms with van der Waals surface area (Å²) >= 11 is 0. The number of halogens is 1. The first-order valence-electron chi connectivity index (χ1n) is 11.4. The van der Waals surface area contributed by atoms with Crippen LogP contribution in [0.5, 0.6) is 0 Å². The first kappa shape index (κ1) is 23.0. The highest BCUT2D eigenvalue weighted by Crippen LogP contribution is 2.45. The maximum absolute atomic E-state index is 14.3. The van der Waals surface area contributed by atoms with Gasteiger partial charge < -0.3 is 9.67 Å². The Labute approximate surface area is 207 Å². The van der Waals surface area contributed by atoms with Crippen LogP contribution in [0.1, 0.15) is 53.0 Å². The van der Waals surface area contributed by atoms with Crippen LogP contribution in [0.15, 0.2) is 59.6 Å². The van der Waals surface area contributed by atoms with Crippen molar-refractivity contribution in [1.29, 1.82) is 10.5 Å². The zero-order valence-electron chi connectivity index (χ0n) is 19.7. The van der Waals surface area contributed by atoms with Gasteiger partial charge in [-0.05, 0) is 59.2 Å². The van der Waals surface area contributed by atoms with Gasteiger partial charge in [-0.2, -0.15) is 10.5 Å². The highest BCUT2D eigenvalue weighted by atomic mass is 19.1. The van der Waals surface area contributed by atoms with Crippen molar-refractivity contribution >= 4 is 23.1 Å². The molecule has 1 N–H and O–H groups in total. The number of nitriles is 2. The normalized spacial score (nSPS) is 12.4. The summed E-state index contributed by atoms with van der Waals surface area (Å²) < 4.78 is 16.3. The van der Waals surface area contributed by atoms with Crippen LogP contribution in [0.25, 0.3) is 27.7 Å². The molecule has 0 bridgehead atoms. The SMILES string of the molecule is CC(C)(CC#N)c1c(-c2ccc(C(=O)O)cc2)c2cc3c(cc2n1-c1ccc(F)c(C#N)c1)C=NC3. The summed E-state index contributed by atoms with van der Waals surface area (Å²) in [4.78, 5) is 15.9. The second-order valence-electron chi connectivity index (χ2n) is 9.47. The molecule has 0 fully saturated rings. The van der Waals surface area contributed by atoms with Crippen molar-refractivity contribution in [2.75, 3.05) is 0 Å². The lowest BCUT2D eigenvalue weighted by molar-refractivity contribution is 0.0697. The van der Waals surface area contributed by atoms with Crippen molar-refractivity contribution < 1.29 is 14.3 Å². The minimum absolute atomic E-state index is 0.0755. The van der Waals surface area contributed by atoms with E-state index < -0.39 is 17.2 Å². The molecule has 4 aromatic rings. The van der Waals surface area contributed by atoms with Crippen LogP contribution in [0.2, 0.25) is 0 Å². The van der Waals surface area contributed by atoms with Gasteiger partial charge in [0.2, 0.25) is 0 Å². The third-order valence-electron chi connectivity index (χ3n) is 6.63. The number of rotatable bonds is 5. The van der Waals surface area contributed by atoms with Crippen LogP contribution in [-0.2, 0) is 12.0 Å². The molecule has 1 aliphatic rings. The van der Waals surface area contributed by atoms with E-state index in [1.165, 1.54) is 12.1 Å². The predicted octanol–water partition coefficient (Wildman–Crippen LogP) is 6.13. The van der Waals surface area contributed by atoms with Crippen molar-refractivity contribution in [3.05, 3.63) is 88.4 Å². The van der Waals surface area contributed by atoms with Crippen LogP contribution < -0.4 is 0 Å². The summed E-state index contributed by atoms with van der Waals surface area (Å²) in [6.07, 6.45) is 2.02. The third-order valence-corrected chi connectivity index (χ3v) is 6.63. The molecule has 0 unspecified atom stereocenters. The molecule has 36 heavy (non-hydrogen) atoms. The molecule has 0 aliphatic carbocycles. The monoisotopic (exact) mass is 476 g/mol. The quantitative estimate of drug-likeness (QED) is 0.374. The van der Waals surface area contributed by atoms with E-state index in [2.05, 4.69) is 17.1 Å². The van der Waals surface area contributed by atoms with Crippen molar-refractivity contribution in [2.24, 2.45) is 4.99 Å². The Hall–Kier alpha value is -4.75. The third kappa shape index (κ3) is 3.62. The maximum Gasteiger partial charge on any atom is 0.335 e. The number of hydrogen-bond donors (Lipinski definition) is 1. The van der Waals surface area contributed by atoms with Gasteiger partial charge in [-0.1, -0.05) is 26.0 Å². The second kappa shape index (κ2) is 8.48. The predicted molar refractivity (Wildman–Crippen MR) is 135 cm³/mol. The Kier molecular flexibility index (Phi) is 5.42. The molecular weight excluding hydrogens is 455 g/mol. The fraction of sp³-hybridized carbons (Fsp3) is 0.172. The fourth-order valence-corrected chi connectivity index (χ4v) is 4.89. The molecule has 0 atom stereocenters. The Balaban J connectivity index is 1.94. The standard InChI is InChI=1S/C29H21FN4O2/c1-29(2,9-10-31)27-26(17-3-5-18(6-4-17)28(35)36)23-12-20-15-33-16-21(20)13-25(23)34(27)22-7-8-24(30)19(11-22)14-32/h3-8,11-13,16H,9,15H2,1-2H3,(H,35,36). The van der Waals surface area contributed by atoms with Gasteiger partial charge in [-0.3, -0.25) is 4.99 Å². The molecule has 3 aromatic carbocycles. The number of hydrogen-bond acceptors (Lipinski definition) is 4. The fourth-order valence-electron chi connectivity index (χ4n) is 4.89. The van der Waals surface area contributed by atoms with Gasteiger partial charge in [0.05, 0.1) is 29.3 Å². The number of carboxylic acids is 1. The average molecular weight is 477 g/mol. The van der Waals surface area contributed by atoms with E-state index in [-0.39, 0.29) is 17.5 Å². The number of aliphatic imine (C=N–C) groups is 1. The van der Waals surface area contributed by atoms with Crippen molar-refractivity contribution in [2.45, 2.75) is 32.2 Å². The van der Waals surface area contributed by atoms with Crippen LogP contribution in [0, 0.1) is 28.5 Å². The van der Waals surface area contributed by atoms with Crippen LogP contribution >= 0.6 is 0 Å². The first-order valence-corrected chi connectivity index (χ1v) is 11.4. The number of carbonyl (C=O) groups is 1. The van der Waals surface area contributed by atoms with E-state index >= 15 is 0 Å². The summed E-state index contributed by atoms with van der Waals surface area (Å²) in [5, 5.41) is 29.5. The smallest absolute Gasteiger partial charge is 0.335 e. The lowest BCUT2D eigenvalue weighted by Crippen LogP contribution is -2.22. The summed E-state index contributed by atoms with van der Waals surface area (Å²) in [5.74, 6) is -1.62. The molecule has 1 aromatic heterocycles. The van der Waals surface area contributed by atoms with Crippen molar-refractivity contribution in [3.63, 3.8) is 0 Å². The summed E-state index contributed by atoms with van der Waals surface area (Å²) in [6, 6.07) is 19.4. The molecular formula is C29H21FN4O2. The number of fused-ring (bicyclic) bond motifs is 2. The maximum atomic E-state index is 14.3. The molecule has 0 radical (unpaired) electrons. The largest absolute Gasteiger partial charge is 0.478 e. The van der Waals surface area contributed by atoms with Crippen molar-refractivity contribution in [1.82, 2.24) is 4.57 Å². The number of carboxylic acid groups (broad SMARTS) is 1. The van der Waals surface area contributed by atoms with E-state index in [1.54, 1.807) is 30.3 Å². The first-order chi connectivity index (χ1) is 17.2. The highest BCUT2D eigenvalue weighted by molar-refractivity contribution is 6.04. The topological polar surface area (TPSA) is 102 Å². The second-order valence-corrected chi connectivity index (χ2v) is 9.47. The van der Waals surface area contributed by atoms with Gasteiger partial charge in [0, 0.05) is 40.4 Å². The highest BCUT2D eigenvalue weighted by Gasteiger charge is 2.32. The molecule has 176 valence electrons. The Morgan fingerprint density at radius 3 is 2.56 bits per heavy atom. The summed E-state index contributed by atoms with van der Waals surface area (Å²) in [5.41, 5.74) is 5.39. The lowest BCUT2D eigenvalue weighted by Gasteiger charge is -2.27. The van der Waals surface area contributed by atoms with Crippen molar-refractivity contribution in [3.8, 4) is 29.0 Å². The average Bonchev–Trinajstić information content (AvgIpc) is 3.45. The molecule has 2 heterocycles. The van der Waals surface area contributed by atoms with Gasteiger partial charge >= 0.3 is 5.97 Å². The van der Waals surface area contributed by atoms with Gasteiger partial charge in [-0.25, -0.2) is 9.18 Å². The van der Waals surface area contributed by atoms with E-state index in [9.17, 15) is 24.8 Å². The van der Waals surface area contributed by atoms with E-state index in [0.717, 1.165) is 38.9 Å².